The fraction of sp³-hybridized carbons (Fsp3) is 0.143. The van der Waals surface area contributed by atoms with Crippen molar-refractivity contribution in [1.29, 1.82) is 0 Å². The van der Waals surface area contributed by atoms with Gasteiger partial charge in [-0.25, -0.2) is 4.98 Å². The van der Waals surface area contributed by atoms with Gasteiger partial charge >= 0.3 is 0 Å². The maximum atomic E-state index is 11.5. The summed E-state index contributed by atoms with van der Waals surface area (Å²) < 4.78 is 6.64. The number of hydrogen-bond acceptors (Lipinski definition) is 3. The zero-order valence-electron chi connectivity index (χ0n) is 10.1. The highest BCUT2D eigenvalue weighted by molar-refractivity contribution is 9.10. The van der Waals surface area contributed by atoms with Crippen LogP contribution in [0.1, 0.15) is 22.8 Å². The molecule has 0 aliphatic carbocycles. The van der Waals surface area contributed by atoms with Crippen molar-refractivity contribution in [3.8, 4) is 11.6 Å². The number of rotatable bonds is 3. The predicted octanol–water partition coefficient (Wildman–Crippen LogP) is 4.15. The summed E-state index contributed by atoms with van der Waals surface area (Å²) >= 11 is 3.39. The molecule has 0 aliphatic heterocycles. The van der Waals surface area contributed by atoms with E-state index < -0.39 is 0 Å². The Morgan fingerprint density at radius 3 is 2.83 bits per heavy atom. The number of hydrogen-bond donors (Lipinski definition) is 0. The number of carbonyl (C=O) groups excluding carboxylic acids is 1. The Morgan fingerprint density at radius 1 is 1.33 bits per heavy atom. The molecule has 0 unspecified atom stereocenters. The zero-order valence-corrected chi connectivity index (χ0v) is 11.7. The van der Waals surface area contributed by atoms with E-state index in [0.29, 0.717) is 17.2 Å². The largest absolute Gasteiger partial charge is 0.438 e. The quantitative estimate of drug-likeness (QED) is 0.800. The van der Waals surface area contributed by atoms with Gasteiger partial charge in [0.2, 0.25) is 5.88 Å². The first-order valence-corrected chi connectivity index (χ1v) is 6.27. The summed E-state index contributed by atoms with van der Waals surface area (Å²) in [7, 11) is 0. The Labute approximate surface area is 114 Å². The molecule has 1 aromatic carbocycles. The number of pyridine rings is 1. The smallest absolute Gasteiger partial charge is 0.230 e. The van der Waals surface area contributed by atoms with E-state index in [1.165, 1.54) is 6.92 Å². The third-order valence-corrected chi connectivity index (χ3v) is 3.00. The van der Waals surface area contributed by atoms with E-state index >= 15 is 0 Å². The van der Waals surface area contributed by atoms with Gasteiger partial charge in [0.05, 0.1) is 5.56 Å². The third-order valence-electron chi connectivity index (χ3n) is 2.51. The van der Waals surface area contributed by atoms with Crippen LogP contribution in [0.3, 0.4) is 0 Å². The molecule has 0 aliphatic rings. The Morgan fingerprint density at radius 2 is 2.11 bits per heavy atom. The van der Waals surface area contributed by atoms with E-state index in [1.54, 1.807) is 18.3 Å². The molecular formula is C14H12BrNO2. The van der Waals surface area contributed by atoms with Crippen molar-refractivity contribution in [2.24, 2.45) is 0 Å². The Hall–Kier alpha value is -1.68. The van der Waals surface area contributed by atoms with Gasteiger partial charge in [-0.3, -0.25) is 4.79 Å². The first-order chi connectivity index (χ1) is 8.58. The van der Waals surface area contributed by atoms with Crippen LogP contribution in [-0.4, -0.2) is 10.8 Å². The summed E-state index contributed by atoms with van der Waals surface area (Å²) in [5.74, 6) is 0.961. The van der Waals surface area contributed by atoms with Crippen LogP contribution in [-0.2, 0) is 0 Å². The molecule has 0 amide bonds. The predicted molar refractivity (Wildman–Crippen MR) is 73.2 cm³/mol. The number of aryl methyl sites for hydroxylation is 1. The molecule has 0 saturated carbocycles. The molecule has 4 heteroatoms. The van der Waals surface area contributed by atoms with Crippen molar-refractivity contribution in [2.45, 2.75) is 13.8 Å². The van der Waals surface area contributed by atoms with Crippen LogP contribution in [0.15, 0.2) is 41.0 Å². The van der Waals surface area contributed by atoms with Gasteiger partial charge in [0.15, 0.2) is 5.78 Å². The lowest BCUT2D eigenvalue weighted by Crippen LogP contribution is -1.99. The van der Waals surface area contributed by atoms with Gasteiger partial charge in [-0.15, -0.1) is 0 Å². The highest BCUT2D eigenvalue weighted by Crippen LogP contribution is 2.28. The van der Waals surface area contributed by atoms with Gasteiger partial charge in [-0.1, -0.05) is 22.0 Å². The summed E-state index contributed by atoms with van der Waals surface area (Å²) in [5, 5.41) is 0. The molecule has 0 N–H and O–H groups in total. The molecule has 92 valence electrons. The Kier molecular flexibility index (Phi) is 3.77. The van der Waals surface area contributed by atoms with E-state index in [-0.39, 0.29) is 5.78 Å². The van der Waals surface area contributed by atoms with E-state index in [9.17, 15) is 4.79 Å². The SMILES string of the molecule is CC(=O)c1cccnc1Oc1cc(Br)ccc1C. The second-order valence-electron chi connectivity index (χ2n) is 3.92. The normalized spacial score (nSPS) is 10.2. The first-order valence-electron chi connectivity index (χ1n) is 5.48. The van der Waals surface area contributed by atoms with Crippen LogP contribution >= 0.6 is 15.9 Å². The monoisotopic (exact) mass is 305 g/mol. The molecule has 0 fully saturated rings. The van der Waals surface area contributed by atoms with E-state index in [0.717, 1.165) is 10.0 Å². The van der Waals surface area contributed by atoms with Crippen LogP contribution in [0.25, 0.3) is 0 Å². The lowest BCUT2D eigenvalue weighted by molar-refractivity contribution is 0.101. The minimum atomic E-state index is -0.0641. The summed E-state index contributed by atoms with van der Waals surface area (Å²) in [6.07, 6.45) is 1.61. The van der Waals surface area contributed by atoms with Gasteiger partial charge in [0.25, 0.3) is 0 Å². The summed E-state index contributed by atoms with van der Waals surface area (Å²) in [6, 6.07) is 9.16. The lowest BCUT2D eigenvalue weighted by Gasteiger charge is -2.10. The van der Waals surface area contributed by atoms with Crippen LogP contribution < -0.4 is 4.74 Å². The standard InChI is InChI=1S/C14H12BrNO2/c1-9-5-6-11(15)8-13(9)18-14-12(10(2)17)4-3-7-16-14/h3-8H,1-2H3. The molecule has 0 spiro atoms. The highest BCUT2D eigenvalue weighted by Gasteiger charge is 2.11. The van der Waals surface area contributed by atoms with Crippen LogP contribution in [0.2, 0.25) is 0 Å². The molecule has 0 atom stereocenters. The topological polar surface area (TPSA) is 39.2 Å². The average Bonchev–Trinajstić information content (AvgIpc) is 2.34. The minimum absolute atomic E-state index is 0.0641. The van der Waals surface area contributed by atoms with E-state index in [2.05, 4.69) is 20.9 Å². The molecule has 3 nitrogen and oxygen atoms in total. The lowest BCUT2D eigenvalue weighted by atomic mass is 10.2. The number of carbonyl (C=O) groups is 1. The third kappa shape index (κ3) is 2.76. The number of Topliss-reactive ketones (excluding diaryl/α,β-unsaturated/α-hetero) is 1. The minimum Gasteiger partial charge on any atom is -0.438 e. The summed E-state index contributed by atoms with van der Waals surface area (Å²) in [5.41, 5.74) is 1.47. The van der Waals surface area contributed by atoms with Crippen molar-refractivity contribution >= 4 is 21.7 Å². The molecule has 1 aromatic heterocycles. The van der Waals surface area contributed by atoms with Gasteiger partial charge in [-0.05, 0) is 43.7 Å². The molecule has 2 aromatic rings. The number of ether oxygens (including phenoxy) is 1. The van der Waals surface area contributed by atoms with Crippen molar-refractivity contribution in [3.63, 3.8) is 0 Å². The maximum absolute atomic E-state index is 11.5. The van der Waals surface area contributed by atoms with Crippen LogP contribution in [0.4, 0.5) is 0 Å². The van der Waals surface area contributed by atoms with Crippen molar-refractivity contribution in [1.82, 2.24) is 4.98 Å². The fourth-order valence-corrected chi connectivity index (χ4v) is 1.87. The van der Waals surface area contributed by atoms with Gasteiger partial charge in [-0.2, -0.15) is 0 Å². The number of aromatic nitrogens is 1. The van der Waals surface area contributed by atoms with Crippen LogP contribution in [0.5, 0.6) is 11.6 Å². The molecule has 0 saturated heterocycles. The van der Waals surface area contributed by atoms with Crippen LogP contribution in [0, 0.1) is 6.92 Å². The van der Waals surface area contributed by atoms with Gasteiger partial charge in [0, 0.05) is 10.7 Å². The number of benzene rings is 1. The summed E-state index contributed by atoms with van der Waals surface area (Å²) in [6.45, 7) is 3.44. The molecule has 18 heavy (non-hydrogen) atoms. The second-order valence-corrected chi connectivity index (χ2v) is 4.84. The Bertz CT molecular complexity index is 596. The highest BCUT2D eigenvalue weighted by atomic mass is 79.9. The van der Waals surface area contributed by atoms with E-state index in [4.69, 9.17) is 4.74 Å². The first kappa shape index (κ1) is 12.8. The Balaban J connectivity index is 2.40. The average molecular weight is 306 g/mol. The molecular weight excluding hydrogens is 294 g/mol. The fourth-order valence-electron chi connectivity index (χ4n) is 1.53. The van der Waals surface area contributed by atoms with Gasteiger partial charge in [0.1, 0.15) is 5.75 Å². The van der Waals surface area contributed by atoms with Crippen molar-refractivity contribution in [2.75, 3.05) is 0 Å². The molecule has 0 bridgehead atoms. The summed E-state index contributed by atoms with van der Waals surface area (Å²) in [4.78, 5) is 15.6. The molecule has 2 rings (SSSR count). The maximum Gasteiger partial charge on any atom is 0.230 e. The van der Waals surface area contributed by atoms with Gasteiger partial charge < -0.3 is 4.74 Å². The number of ketones is 1. The number of nitrogens with zero attached hydrogens (tertiary/aromatic N) is 1. The van der Waals surface area contributed by atoms with E-state index in [1.807, 2.05) is 25.1 Å². The molecule has 1 heterocycles. The zero-order chi connectivity index (χ0) is 13.1. The second kappa shape index (κ2) is 5.31. The van der Waals surface area contributed by atoms with Crippen molar-refractivity contribution < 1.29 is 9.53 Å². The number of halogens is 1. The van der Waals surface area contributed by atoms with Crippen molar-refractivity contribution in [3.05, 3.63) is 52.1 Å². The molecule has 0 radical (unpaired) electrons.